The number of amides is 2. The number of imidazole rings is 1. The fraction of sp³-hybridized carbons (Fsp3) is 0.133. The molecular weight excluding hydrogens is 462 g/mol. The van der Waals surface area contributed by atoms with Crippen molar-refractivity contribution in [2.75, 3.05) is 31.3 Å². The maximum atomic E-state index is 12.7. The molecule has 4 aromatic carbocycles. The average molecular weight is 492 g/mol. The second kappa shape index (κ2) is 11.0. The Morgan fingerprint density at radius 3 is 2.14 bits per heavy atom. The van der Waals surface area contributed by atoms with E-state index in [9.17, 15) is 4.79 Å². The summed E-state index contributed by atoms with van der Waals surface area (Å²) in [6, 6.07) is 32.5. The molecule has 0 saturated carbocycles. The van der Waals surface area contributed by atoms with Gasteiger partial charge in [-0.2, -0.15) is 0 Å². The first-order chi connectivity index (χ1) is 18.0. The number of rotatable bonds is 8. The van der Waals surface area contributed by atoms with Crippen molar-refractivity contribution in [2.45, 2.75) is 6.54 Å². The van der Waals surface area contributed by atoms with E-state index in [2.05, 4.69) is 46.3 Å². The Bertz CT molecular complexity index is 1480. The smallest absolute Gasteiger partial charge is 0.323 e. The van der Waals surface area contributed by atoms with Crippen molar-refractivity contribution in [3.8, 4) is 22.9 Å². The molecule has 186 valence electrons. The maximum Gasteiger partial charge on any atom is 0.323 e. The molecule has 7 heteroatoms. The number of para-hydroxylation sites is 1. The lowest BCUT2D eigenvalue weighted by Gasteiger charge is -2.13. The van der Waals surface area contributed by atoms with Gasteiger partial charge < -0.3 is 24.8 Å². The molecule has 0 saturated heterocycles. The first-order valence-electron chi connectivity index (χ1n) is 12.2. The molecule has 7 nitrogen and oxygen atoms in total. The number of fused-ring (bicyclic) bond motifs is 1. The molecule has 0 aliphatic heterocycles. The third-order valence-corrected chi connectivity index (χ3v) is 5.90. The molecule has 0 fully saturated rings. The summed E-state index contributed by atoms with van der Waals surface area (Å²) in [4.78, 5) is 19.8. The zero-order valence-electron chi connectivity index (χ0n) is 20.9. The van der Waals surface area contributed by atoms with E-state index >= 15 is 0 Å². The summed E-state index contributed by atoms with van der Waals surface area (Å²) in [6.45, 7) is 1.70. The number of anilines is 2. The van der Waals surface area contributed by atoms with Crippen molar-refractivity contribution in [2.24, 2.45) is 0 Å². The first-order valence-corrected chi connectivity index (χ1v) is 12.2. The van der Waals surface area contributed by atoms with E-state index in [1.807, 2.05) is 78.9 Å². The number of aromatic nitrogens is 2. The van der Waals surface area contributed by atoms with Gasteiger partial charge in [0, 0.05) is 30.0 Å². The lowest BCUT2D eigenvalue weighted by atomic mass is 10.2. The molecule has 5 rings (SSSR count). The third-order valence-electron chi connectivity index (χ3n) is 5.90. The molecule has 37 heavy (non-hydrogen) atoms. The van der Waals surface area contributed by atoms with Gasteiger partial charge in [0.15, 0.2) is 0 Å². The van der Waals surface area contributed by atoms with E-state index < -0.39 is 0 Å². The summed E-state index contributed by atoms with van der Waals surface area (Å²) < 4.78 is 8.04. The van der Waals surface area contributed by atoms with E-state index in [0.717, 1.165) is 41.3 Å². The first kappa shape index (κ1) is 24.1. The van der Waals surface area contributed by atoms with Crippen LogP contribution in [0.4, 0.5) is 16.2 Å². The van der Waals surface area contributed by atoms with Gasteiger partial charge >= 0.3 is 6.03 Å². The summed E-state index contributed by atoms with van der Waals surface area (Å²) in [7, 11) is 4.12. The Morgan fingerprint density at radius 1 is 0.811 bits per heavy atom. The summed E-state index contributed by atoms with van der Waals surface area (Å²) in [5.74, 6) is 2.37. The van der Waals surface area contributed by atoms with Gasteiger partial charge in [0.05, 0.1) is 11.0 Å². The predicted molar refractivity (Wildman–Crippen MR) is 149 cm³/mol. The number of hydrogen-bond donors (Lipinski definition) is 2. The quantitative estimate of drug-likeness (QED) is 0.253. The van der Waals surface area contributed by atoms with Crippen molar-refractivity contribution < 1.29 is 9.53 Å². The Balaban J connectivity index is 1.30. The third kappa shape index (κ3) is 5.97. The number of ether oxygens (including phenoxy) is 1. The van der Waals surface area contributed by atoms with Crippen molar-refractivity contribution in [3.63, 3.8) is 0 Å². The molecule has 0 atom stereocenters. The second-order valence-electron chi connectivity index (χ2n) is 8.98. The standard InChI is InChI=1S/C30H29N5O2/c1-34(2)19-20-35-28-18-15-24(21-27(28)33-29(35)22-9-5-3-6-10-22)32-30(36)31-23-13-16-26(17-14-23)37-25-11-7-4-8-12-25/h3-18,21H,19-20H2,1-2H3,(H2,31,32,36). The molecule has 1 heterocycles. The van der Waals surface area contributed by atoms with Crippen LogP contribution in [0.15, 0.2) is 103 Å². The predicted octanol–water partition coefficient (Wildman–Crippen LogP) is 6.70. The van der Waals surface area contributed by atoms with Crippen LogP contribution in [0, 0.1) is 0 Å². The number of hydrogen-bond acceptors (Lipinski definition) is 4. The Morgan fingerprint density at radius 2 is 1.43 bits per heavy atom. The molecule has 0 radical (unpaired) electrons. The zero-order valence-corrected chi connectivity index (χ0v) is 20.9. The van der Waals surface area contributed by atoms with Crippen LogP contribution in [0.3, 0.4) is 0 Å². The van der Waals surface area contributed by atoms with Crippen molar-refractivity contribution >= 4 is 28.4 Å². The van der Waals surface area contributed by atoms with Crippen LogP contribution in [-0.2, 0) is 6.54 Å². The lowest BCUT2D eigenvalue weighted by Crippen LogP contribution is -2.19. The van der Waals surface area contributed by atoms with Crippen LogP contribution < -0.4 is 15.4 Å². The average Bonchev–Trinajstić information content (AvgIpc) is 3.27. The normalized spacial score (nSPS) is 11.0. The number of benzene rings is 4. The molecule has 1 aromatic heterocycles. The highest BCUT2D eigenvalue weighted by atomic mass is 16.5. The molecule has 0 spiro atoms. The van der Waals surface area contributed by atoms with Crippen LogP contribution in [-0.4, -0.2) is 41.1 Å². The highest BCUT2D eigenvalue weighted by Gasteiger charge is 2.14. The van der Waals surface area contributed by atoms with E-state index in [4.69, 9.17) is 9.72 Å². The van der Waals surface area contributed by atoms with Crippen LogP contribution in [0.25, 0.3) is 22.4 Å². The fourth-order valence-electron chi connectivity index (χ4n) is 4.07. The number of nitrogens with zero attached hydrogens (tertiary/aromatic N) is 3. The van der Waals surface area contributed by atoms with Gasteiger partial charge in [0.2, 0.25) is 0 Å². The number of urea groups is 1. The fourth-order valence-corrected chi connectivity index (χ4v) is 4.07. The molecule has 2 N–H and O–H groups in total. The number of nitrogens with one attached hydrogen (secondary N) is 2. The molecule has 5 aromatic rings. The van der Waals surface area contributed by atoms with E-state index in [-0.39, 0.29) is 6.03 Å². The van der Waals surface area contributed by atoms with Gasteiger partial charge in [0.1, 0.15) is 17.3 Å². The zero-order chi connectivity index (χ0) is 25.6. The van der Waals surface area contributed by atoms with Crippen molar-refractivity contribution in [1.29, 1.82) is 0 Å². The molecule has 2 amide bonds. The highest BCUT2D eigenvalue weighted by molar-refractivity contribution is 6.01. The van der Waals surface area contributed by atoms with Gasteiger partial charge in [-0.15, -0.1) is 0 Å². The highest BCUT2D eigenvalue weighted by Crippen LogP contribution is 2.27. The Kier molecular flexibility index (Phi) is 7.14. The van der Waals surface area contributed by atoms with E-state index in [1.165, 1.54) is 0 Å². The molecule has 0 unspecified atom stereocenters. The molecule has 0 bridgehead atoms. The number of carbonyl (C=O) groups excluding carboxylic acids is 1. The molecule has 0 aliphatic carbocycles. The Labute approximate surface area is 216 Å². The lowest BCUT2D eigenvalue weighted by molar-refractivity contribution is 0.262. The van der Waals surface area contributed by atoms with Crippen molar-refractivity contribution in [1.82, 2.24) is 14.5 Å². The Hall–Kier alpha value is -4.62. The summed E-state index contributed by atoms with van der Waals surface area (Å²) in [5.41, 5.74) is 4.26. The van der Waals surface area contributed by atoms with Crippen LogP contribution in [0.5, 0.6) is 11.5 Å². The van der Waals surface area contributed by atoms with E-state index in [0.29, 0.717) is 17.1 Å². The monoisotopic (exact) mass is 491 g/mol. The van der Waals surface area contributed by atoms with Crippen LogP contribution >= 0.6 is 0 Å². The van der Waals surface area contributed by atoms with E-state index in [1.54, 1.807) is 12.1 Å². The van der Waals surface area contributed by atoms with Gasteiger partial charge in [-0.25, -0.2) is 9.78 Å². The van der Waals surface area contributed by atoms with Gasteiger partial charge in [0.25, 0.3) is 0 Å². The maximum absolute atomic E-state index is 12.7. The molecular formula is C30H29N5O2. The number of carbonyl (C=O) groups is 1. The van der Waals surface area contributed by atoms with Gasteiger partial charge in [-0.1, -0.05) is 48.5 Å². The topological polar surface area (TPSA) is 71.4 Å². The van der Waals surface area contributed by atoms with Crippen molar-refractivity contribution in [3.05, 3.63) is 103 Å². The largest absolute Gasteiger partial charge is 0.457 e. The van der Waals surface area contributed by atoms with Gasteiger partial charge in [-0.05, 0) is 68.7 Å². The summed E-state index contributed by atoms with van der Waals surface area (Å²) in [6.07, 6.45) is 0. The summed E-state index contributed by atoms with van der Waals surface area (Å²) >= 11 is 0. The minimum atomic E-state index is -0.327. The minimum Gasteiger partial charge on any atom is -0.457 e. The molecule has 0 aliphatic rings. The number of likely N-dealkylation sites (N-methyl/N-ethyl adjacent to an activating group) is 1. The second-order valence-corrected chi connectivity index (χ2v) is 8.98. The minimum absolute atomic E-state index is 0.327. The summed E-state index contributed by atoms with van der Waals surface area (Å²) in [5, 5.41) is 5.78. The van der Waals surface area contributed by atoms with Crippen LogP contribution in [0.1, 0.15) is 0 Å². The van der Waals surface area contributed by atoms with Crippen LogP contribution in [0.2, 0.25) is 0 Å². The SMILES string of the molecule is CN(C)CCn1c(-c2ccccc2)nc2cc(NC(=O)Nc3ccc(Oc4ccccc4)cc3)ccc21. The van der Waals surface area contributed by atoms with Gasteiger partial charge in [-0.3, -0.25) is 0 Å².